The lowest BCUT2D eigenvalue weighted by Gasteiger charge is -2.25. The van der Waals surface area contributed by atoms with Crippen LogP contribution in [-0.2, 0) is 4.79 Å². The lowest BCUT2D eigenvalue weighted by molar-refractivity contribution is -0.111. The quantitative estimate of drug-likeness (QED) is 0.339. The molecule has 3 aromatic carbocycles. The van der Waals surface area contributed by atoms with Crippen molar-refractivity contribution in [3.8, 4) is 17.6 Å². The third-order valence-corrected chi connectivity index (χ3v) is 8.15. The van der Waals surface area contributed by atoms with Gasteiger partial charge in [-0.25, -0.2) is 0 Å². The molecule has 1 aromatic heterocycles. The Balaban J connectivity index is 1.78. The molecule has 41 heavy (non-hydrogen) atoms. The zero-order valence-corrected chi connectivity index (χ0v) is 24.1. The normalized spacial score (nSPS) is 14.9. The molecule has 0 saturated carbocycles. The minimum Gasteiger partial charge on any atom is -0.497 e. The number of benzene rings is 3. The molecule has 0 bridgehead atoms. The molecule has 0 saturated heterocycles. The molecular weight excluding hydrogens is 583 g/mol. The average molecular weight is 606 g/mol. The molecule has 3 N–H and O–H groups in total. The zero-order valence-electron chi connectivity index (χ0n) is 21.8. The highest BCUT2D eigenvalue weighted by atomic mass is 35.5. The van der Waals surface area contributed by atoms with Gasteiger partial charge in [0.1, 0.15) is 22.0 Å². The lowest BCUT2D eigenvalue weighted by Crippen LogP contribution is -2.40. The molecule has 0 aliphatic carbocycles. The number of nitrogens with zero attached hydrogens (tertiary/aromatic N) is 2. The summed E-state index contributed by atoms with van der Waals surface area (Å²) in [6, 6.07) is 20.8. The predicted molar refractivity (Wildman–Crippen MR) is 162 cm³/mol. The van der Waals surface area contributed by atoms with Crippen molar-refractivity contribution in [3.63, 3.8) is 0 Å². The number of ether oxygens (including phenoxy) is 2. The molecule has 11 heteroatoms. The van der Waals surface area contributed by atoms with Crippen molar-refractivity contribution in [1.82, 2.24) is 4.57 Å². The van der Waals surface area contributed by atoms with Crippen molar-refractivity contribution in [2.45, 2.75) is 5.92 Å². The molecule has 206 valence electrons. The molecule has 1 atom stereocenters. The van der Waals surface area contributed by atoms with Gasteiger partial charge in [-0.15, -0.1) is 11.3 Å². The number of hydrogen-bond acceptors (Lipinski definition) is 7. The highest BCUT2D eigenvalue weighted by molar-refractivity contribution is 7.07. The molecule has 8 nitrogen and oxygen atoms in total. The van der Waals surface area contributed by atoms with Crippen LogP contribution < -0.4 is 35.3 Å². The second-order valence-electron chi connectivity index (χ2n) is 8.94. The second kappa shape index (κ2) is 11.6. The van der Waals surface area contributed by atoms with E-state index in [2.05, 4.69) is 11.4 Å². The maximum atomic E-state index is 14.1. The highest BCUT2D eigenvalue weighted by Gasteiger charge is 2.36. The number of carbonyl (C=O) groups is 1. The van der Waals surface area contributed by atoms with Crippen LogP contribution >= 0.6 is 34.5 Å². The molecule has 0 radical (unpaired) electrons. The smallest absolute Gasteiger partial charge is 0.274 e. The van der Waals surface area contributed by atoms with Crippen molar-refractivity contribution in [3.05, 3.63) is 113 Å². The van der Waals surface area contributed by atoms with Gasteiger partial charge in [-0.2, -0.15) is 5.26 Å². The standard InChI is InChI=1S/C30H22Cl2N4O4S/c1-39-20-11-12-22(23(14-20)40-2)35-28(37)26-25(17-5-9-19(32)10-6-17)21(15-33)27(34)36-29(38)24(41-30(26)36)13-16-3-7-18(31)8-4-16/h3-14,25H,34H2,1-2H3,(H,35,37)/b24-13-. The first-order valence-electron chi connectivity index (χ1n) is 12.2. The summed E-state index contributed by atoms with van der Waals surface area (Å²) in [4.78, 5) is 27.8. The van der Waals surface area contributed by atoms with E-state index in [4.69, 9.17) is 38.4 Å². The average Bonchev–Trinajstić information content (AvgIpc) is 3.30. The number of anilines is 1. The monoisotopic (exact) mass is 604 g/mol. The lowest BCUT2D eigenvalue weighted by atomic mass is 9.83. The number of allylic oxidation sites excluding steroid dienone is 1. The Morgan fingerprint density at radius 2 is 1.71 bits per heavy atom. The molecule has 1 aliphatic rings. The predicted octanol–water partition coefficient (Wildman–Crippen LogP) is 4.30. The third-order valence-electron chi connectivity index (χ3n) is 6.54. The van der Waals surface area contributed by atoms with Crippen molar-refractivity contribution in [1.29, 1.82) is 5.26 Å². The molecule has 4 aromatic rings. The van der Waals surface area contributed by atoms with Crippen LogP contribution in [0.2, 0.25) is 10.0 Å². The summed E-state index contributed by atoms with van der Waals surface area (Å²) in [7, 11) is 3.00. The molecule has 2 heterocycles. The molecule has 1 aliphatic heterocycles. The summed E-state index contributed by atoms with van der Waals surface area (Å²) in [5.74, 6) is -0.545. The number of methoxy groups -OCH3 is 2. The zero-order chi connectivity index (χ0) is 29.3. The largest absolute Gasteiger partial charge is 0.497 e. The SMILES string of the molecule is COc1ccc(NC(=O)C2=c3s/c(=C\c4ccc(Cl)cc4)c(=O)n3C(N)=C(C#N)C2c2ccc(Cl)cc2)c(OC)c1. The number of thiazole rings is 1. The summed E-state index contributed by atoms with van der Waals surface area (Å²) in [5.41, 5.74) is 7.97. The number of fused-ring (bicyclic) bond motifs is 1. The van der Waals surface area contributed by atoms with E-state index in [1.165, 1.54) is 18.8 Å². The summed E-state index contributed by atoms with van der Waals surface area (Å²) in [5, 5.41) is 14.2. The van der Waals surface area contributed by atoms with E-state index in [9.17, 15) is 14.9 Å². The van der Waals surface area contributed by atoms with Crippen LogP contribution in [0.3, 0.4) is 0 Å². The molecular formula is C30H22Cl2N4O4S. The van der Waals surface area contributed by atoms with Crippen molar-refractivity contribution in [2.75, 3.05) is 19.5 Å². The van der Waals surface area contributed by atoms with Crippen LogP contribution in [0.5, 0.6) is 11.5 Å². The van der Waals surface area contributed by atoms with Gasteiger partial charge in [-0.05, 0) is 53.6 Å². The fourth-order valence-corrected chi connectivity index (χ4v) is 5.98. The van der Waals surface area contributed by atoms with Gasteiger partial charge in [0, 0.05) is 16.1 Å². The van der Waals surface area contributed by atoms with Crippen molar-refractivity contribution >= 4 is 63.6 Å². The summed E-state index contributed by atoms with van der Waals surface area (Å²) in [6.45, 7) is 0. The number of carbonyl (C=O) groups excluding carboxylic acids is 1. The maximum Gasteiger partial charge on any atom is 0.274 e. The Hall–Kier alpha value is -4.49. The van der Waals surface area contributed by atoms with Gasteiger partial charge >= 0.3 is 0 Å². The Morgan fingerprint density at radius 3 is 2.32 bits per heavy atom. The minimum absolute atomic E-state index is 0.0435. The first-order valence-corrected chi connectivity index (χ1v) is 13.7. The Bertz CT molecular complexity index is 1920. The Labute approximate surface area is 248 Å². The summed E-state index contributed by atoms with van der Waals surface area (Å²) >= 11 is 13.3. The van der Waals surface area contributed by atoms with E-state index in [0.29, 0.717) is 42.0 Å². The molecule has 0 fully saturated rings. The van der Waals surface area contributed by atoms with Gasteiger partial charge in [0.05, 0.1) is 47.6 Å². The first-order chi connectivity index (χ1) is 19.7. The van der Waals surface area contributed by atoms with Crippen LogP contribution in [0.1, 0.15) is 17.0 Å². The summed E-state index contributed by atoms with van der Waals surface area (Å²) < 4.78 is 12.6. The van der Waals surface area contributed by atoms with Gasteiger partial charge in [-0.3, -0.25) is 14.2 Å². The van der Waals surface area contributed by atoms with Gasteiger partial charge in [0.2, 0.25) is 0 Å². The maximum absolute atomic E-state index is 14.1. The molecule has 0 spiro atoms. The van der Waals surface area contributed by atoms with Crippen molar-refractivity contribution < 1.29 is 14.3 Å². The van der Waals surface area contributed by atoms with E-state index in [1.54, 1.807) is 72.8 Å². The van der Waals surface area contributed by atoms with Crippen LogP contribution in [0, 0.1) is 11.3 Å². The fourth-order valence-electron chi connectivity index (χ4n) is 4.56. The van der Waals surface area contributed by atoms with E-state index in [1.807, 2.05) is 0 Å². The number of hydrogen-bond donors (Lipinski definition) is 2. The number of nitrogens with one attached hydrogen (secondary N) is 1. The van der Waals surface area contributed by atoms with Gasteiger partial charge in [0.25, 0.3) is 11.5 Å². The van der Waals surface area contributed by atoms with Crippen LogP contribution in [0.25, 0.3) is 17.5 Å². The number of nitrogens with two attached hydrogens (primary N) is 1. The topological polar surface area (TPSA) is 119 Å². The Kier molecular flexibility index (Phi) is 7.90. The number of rotatable bonds is 6. The van der Waals surface area contributed by atoms with E-state index in [-0.39, 0.29) is 17.0 Å². The second-order valence-corrected chi connectivity index (χ2v) is 10.8. The van der Waals surface area contributed by atoms with E-state index in [0.717, 1.165) is 16.9 Å². The summed E-state index contributed by atoms with van der Waals surface area (Å²) in [6.07, 6.45) is 1.69. The third kappa shape index (κ3) is 5.33. The van der Waals surface area contributed by atoms with Gasteiger partial charge < -0.3 is 20.5 Å². The van der Waals surface area contributed by atoms with Crippen LogP contribution in [0.15, 0.2) is 77.1 Å². The minimum atomic E-state index is -0.872. The Morgan fingerprint density at radius 1 is 1.05 bits per heavy atom. The number of halogens is 2. The van der Waals surface area contributed by atoms with Crippen LogP contribution in [-0.4, -0.2) is 24.7 Å². The van der Waals surface area contributed by atoms with Crippen LogP contribution in [0.4, 0.5) is 5.69 Å². The fraction of sp³-hybridized carbons (Fsp3) is 0.100. The van der Waals surface area contributed by atoms with E-state index < -0.39 is 17.4 Å². The van der Waals surface area contributed by atoms with E-state index >= 15 is 0 Å². The molecule has 1 unspecified atom stereocenters. The molecule has 5 rings (SSSR count). The molecule has 1 amide bonds. The first kappa shape index (κ1) is 28.1. The van der Waals surface area contributed by atoms with Crippen molar-refractivity contribution in [2.24, 2.45) is 5.73 Å². The van der Waals surface area contributed by atoms with Gasteiger partial charge in [-0.1, -0.05) is 47.5 Å². The van der Waals surface area contributed by atoms with Gasteiger partial charge in [0.15, 0.2) is 0 Å². The highest BCUT2D eigenvalue weighted by Crippen LogP contribution is 2.38. The number of aromatic nitrogens is 1. The number of nitriles is 1. The number of amides is 1.